The van der Waals surface area contributed by atoms with Crippen LogP contribution in [0.5, 0.6) is 5.75 Å². The van der Waals surface area contributed by atoms with Gasteiger partial charge in [-0.05, 0) is 44.4 Å². The van der Waals surface area contributed by atoms with Gasteiger partial charge in [0.2, 0.25) is 5.91 Å². The molecule has 2 aromatic rings. The first-order valence-corrected chi connectivity index (χ1v) is 10.4. The first-order valence-electron chi connectivity index (χ1n) is 10.4. The molecule has 0 saturated carbocycles. The van der Waals surface area contributed by atoms with Gasteiger partial charge in [-0.25, -0.2) is 4.79 Å². The standard InChI is InChI=1S/C24H32N2O5/c1-17(2)31-24(28)26-22(18(3)30-16-19-10-6-5-7-11-19)23(27)25-15-14-20-12-8-9-13-21(20)29-4/h5-13,17-18,22H,14-16H2,1-4H3,(H,25,27)(H,26,28)/t18-,22+/m1/s1. The lowest BCUT2D eigenvalue weighted by Crippen LogP contribution is -2.53. The van der Waals surface area contributed by atoms with Gasteiger partial charge < -0.3 is 24.8 Å². The molecule has 0 heterocycles. The third-order valence-electron chi connectivity index (χ3n) is 4.61. The van der Waals surface area contributed by atoms with E-state index in [0.717, 1.165) is 16.9 Å². The monoisotopic (exact) mass is 428 g/mol. The molecule has 168 valence electrons. The van der Waals surface area contributed by atoms with Gasteiger partial charge in [-0.3, -0.25) is 4.79 Å². The molecule has 2 N–H and O–H groups in total. The van der Waals surface area contributed by atoms with Gasteiger partial charge in [-0.15, -0.1) is 0 Å². The van der Waals surface area contributed by atoms with Gasteiger partial charge in [0.05, 0.1) is 25.9 Å². The van der Waals surface area contributed by atoms with Crippen molar-refractivity contribution in [1.82, 2.24) is 10.6 Å². The zero-order chi connectivity index (χ0) is 22.6. The SMILES string of the molecule is COc1ccccc1CCNC(=O)[C@@H](NC(=O)OC(C)C)[C@@H](C)OCc1ccccc1. The highest BCUT2D eigenvalue weighted by molar-refractivity contribution is 5.86. The van der Waals surface area contributed by atoms with E-state index < -0.39 is 18.2 Å². The van der Waals surface area contributed by atoms with Crippen LogP contribution in [0.15, 0.2) is 54.6 Å². The van der Waals surface area contributed by atoms with E-state index in [-0.39, 0.29) is 12.0 Å². The van der Waals surface area contributed by atoms with E-state index in [0.29, 0.717) is 19.6 Å². The highest BCUT2D eigenvalue weighted by Crippen LogP contribution is 2.17. The number of amides is 2. The molecule has 2 aromatic carbocycles. The van der Waals surface area contributed by atoms with Gasteiger partial charge in [-0.2, -0.15) is 0 Å². The minimum atomic E-state index is -0.896. The predicted molar refractivity (Wildman–Crippen MR) is 119 cm³/mol. The van der Waals surface area contributed by atoms with Crippen LogP contribution >= 0.6 is 0 Å². The lowest BCUT2D eigenvalue weighted by atomic mass is 10.1. The Balaban J connectivity index is 1.98. The Bertz CT molecular complexity index is 826. The van der Waals surface area contributed by atoms with E-state index >= 15 is 0 Å². The molecule has 2 amide bonds. The summed E-state index contributed by atoms with van der Waals surface area (Å²) in [6.07, 6.45) is -0.922. The maximum atomic E-state index is 12.9. The van der Waals surface area contributed by atoms with E-state index in [2.05, 4.69) is 10.6 Å². The topological polar surface area (TPSA) is 85.9 Å². The van der Waals surface area contributed by atoms with Crippen LogP contribution in [0, 0.1) is 0 Å². The van der Waals surface area contributed by atoms with Gasteiger partial charge in [0.1, 0.15) is 11.8 Å². The van der Waals surface area contributed by atoms with Gasteiger partial charge in [-0.1, -0.05) is 48.5 Å². The van der Waals surface area contributed by atoms with Crippen molar-refractivity contribution in [3.05, 3.63) is 65.7 Å². The third kappa shape index (κ3) is 8.30. The molecule has 0 aliphatic heterocycles. The van der Waals surface area contributed by atoms with Gasteiger partial charge in [0.15, 0.2) is 0 Å². The molecule has 0 fully saturated rings. The number of hydrogen-bond donors (Lipinski definition) is 2. The minimum absolute atomic E-state index is 0.296. The quantitative estimate of drug-likeness (QED) is 0.572. The van der Waals surface area contributed by atoms with Crippen molar-refractivity contribution in [2.24, 2.45) is 0 Å². The number of nitrogens with one attached hydrogen (secondary N) is 2. The first kappa shape index (κ1) is 24.2. The van der Waals surface area contributed by atoms with Gasteiger partial charge >= 0.3 is 6.09 Å². The fraction of sp³-hybridized carbons (Fsp3) is 0.417. The predicted octanol–water partition coefficient (Wildman–Crippen LogP) is 3.46. The van der Waals surface area contributed by atoms with Crippen molar-refractivity contribution in [2.45, 2.75) is 52.0 Å². The molecule has 31 heavy (non-hydrogen) atoms. The number of methoxy groups -OCH3 is 1. The molecule has 0 aromatic heterocycles. The zero-order valence-corrected chi connectivity index (χ0v) is 18.6. The summed E-state index contributed by atoms with van der Waals surface area (Å²) in [5.41, 5.74) is 1.97. The largest absolute Gasteiger partial charge is 0.496 e. The Morgan fingerprint density at radius 3 is 2.32 bits per heavy atom. The van der Waals surface area contributed by atoms with Crippen LogP contribution in [-0.4, -0.2) is 43.9 Å². The summed E-state index contributed by atoms with van der Waals surface area (Å²) < 4.78 is 16.4. The van der Waals surface area contributed by atoms with Crippen molar-refractivity contribution in [3.8, 4) is 5.75 Å². The number of benzene rings is 2. The maximum Gasteiger partial charge on any atom is 0.408 e. The first-order chi connectivity index (χ1) is 14.9. The molecule has 0 aliphatic rings. The van der Waals surface area contributed by atoms with Crippen molar-refractivity contribution < 1.29 is 23.8 Å². The third-order valence-corrected chi connectivity index (χ3v) is 4.61. The Labute approximate surface area is 184 Å². The smallest absolute Gasteiger partial charge is 0.408 e. The molecule has 0 saturated heterocycles. The lowest BCUT2D eigenvalue weighted by Gasteiger charge is -2.25. The summed E-state index contributed by atoms with van der Waals surface area (Å²) in [5, 5.41) is 5.51. The molecule has 7 heteroatoms. The van der Waals surface area contributed by atoms with Crippen LogP contribution in [0.1, 0.15) is 31.9 Å². The summed E-state index contributed by atoms with van der Waals surface area (Å²) in [5.74, 6) is 0.433. The Morgan fingerprint density at radius 2 is 1.65 bits per heavy atom. The second-order valence-corrected chi connectivity index (χ2v) is 7.43. The summed E-state index contributed by atoms with van der Waals surface area (Å²) >= 11 is 0. The Hall–Kier alpha value is -3.06. The average Bonchev–Trinajstić information content (AvgIpc) is 2.76. The van der Waals surface area contributed by atoms with E-state index in [4.69, 9.17) is 14.2 Å². The van der Waals surface area contributed by atoms with E-state index in [9.17, 15) is 9.59 Å². The van der Waals surface area contributed by atoms with Crippen molar-refractivity contribution in [1.29, 1.82) is 0 Å². The number of rotatable bonds is 11. The number of para-hydroxylation sites is 1. The van der Waals surface area contributed by atoms with Crippen molar-refractivity contribution >= 4 is 12.0 Å². The summed E-state index contributed by atoms with van der Waals surface area (Å²) in [6.45, 7) is 5.97. The highest BCUT2D eigenvalue weighted by atomic mass is 16.6. The molecule has 0 unspecified atom stereocenters. The fourth-order valence-electron chi connectivity index (χ4n) is 3.01. The molecular weight excluding hydrogens is 396 g/mol. The van der Waals surface area contributed by atoms with Crippen LogP contribution in [0.3, 0.4) is 0 Å². The zero-order valence-electron chi connectivity index (χ0n) is 18.6. The van der Waals surface area contributed by atoms with Crippen LogP contribution in [0.2, 0.25) is 0 Å². The van der Waals surface area contributed by atoms with Crippen LogP contribution in [-0.2, 0) is 27.3 Å². The Morgan fingerprint density at radius 1 is 0.968 bits per heavy atom. The molecule has 7 nitrogen and oxygen atoms in total. The fourth-order valence-corrected chi connectivity index (χ4v) is 3.01. The molecule has 0 spiro atoms. The van der Waals surface area contributed by atoms with Crippen LogP contribution in [0.25, 0.3) is 0 Å². The number of carbonyl (C=O) groups excluding carboxylic acids is 2. The second-order valence-electron chi connectivity index (χ2n) is 7.43. The lowest BCUT2D eigenvalue weighted by molar-refractivity contribution is -0.127. The molecule has 2 rings (SSSR count). The average molecular weight is 429 g/mol. The molecule has 2 atom stereocenters. The van der Waals surface area contributed by atoms with Crippen LogP contribution in [0.4, 0.5) is 4.79 Å². The number of alkyl carbamates (subject to hydrolysis) is 1. The van der Waals surface area contributed by atoms with Crippen molar-refractivity contribution in [3.63, 3.8) is 0 Å². The van der Waals surface area contributed by atoms with Gasteiger partial charge in [0.25, 0.3) is 0 Å². The van der Waals surface area contributed by atoms with Crippen molar-refractivity contribution in [2.75, 3.05) is 13.7 Å². The molecule has 0 aliphatic carbocycles. The van der Waals surface area contributed by atoms with E-state index in [1.165, 1.54) is 0 Å². The summed E-state index contributed by atoms with van der Waals surface area (Å²) in [4.78, 5) is 25.0. The molecular formula is C24H32N2O5. The van der Waals surface area contributed by atoms with E-state index in [1.807, 2.05) is 54.6 Å². The molecule has 0 radical (unpaired) electrons. The summed E-state index contributed by atoms with van der Waals surface area (Å²) in [7, 11) is 1.61. The Kier molecular flexibility index (Phi) is 9.84. The van der Waals surface area contributed by atoms with Crippen LogP contribution < -0.4 is 15.4 Å². The highest BCUT2D eigenvalue weighted by Gasteiger charge is 2.28. The number of hydrogen-bond acceptors (Lipinski definition) is 5. The van der Waals surface area contributed by atoms with Gasteiger partial charge in [0, 0.05) is 6.54 Å². The number of ether oxygens (including phenoxy) is 3. The normalized spacial score (nSPS) is 12.7. The second kappa shape index (κ2) is 12.6. The summed E-state index contributed by atoms with van der Waals surface area (Å²) in [6, 6.07) is 16.4. The minimum Gasteiger partial charge on any atom is -0.496 e. The number of carbonyl (C=O) groups is 2. The maximum absolute atomic E-state index is 12.9. The van der Waals surface area contributed by atoms with E-state index in [1.54, 1.807) is 27.9 Å². The molecule has 0 bridgehead atoms.